The van der Waals surface area contributed by atoms with Crippen LogP contribution in [-0.4, -0.2) is 47.4 Å². The van der Waals surface area contributed by atoms with E-state index in [4.69, 9.17) is 0 Å². The fraction of sp³-hybridized carbons (Fsp3) is 0.370. The third-order valence-electron chi connectivity index (χ3n) is 5.99. The number of hydrogen-bond acceptors (Lipinski definition) is 1. The van der Waals surface area contributed by atoms with Crippen LogP contribution in [0.25, 0.3) is 5.57 Å². The first kappa shape index (κ1) is 21.3. The molecule has 0 bridgehead atoms. The Kier molecular flexibility index (Phi) is 7.60. The number of hydrogen-bond donors (Lipinski definition) is 0. The summed E-state index contributed by atoms with van der Waals surface area (Å²) in [6.07, 6.45) is 18.6. The number of likely N-dealkylation sites (N-methyl/N-ethyl adjacent to an activating group) is 1. The summed E-state index contributed by atoms with van der Waals surface area (Å²) < 4.78 is 2.39. The lowest BCUT2D eigenvalue weighted by Crippen LogP contribution is -2.33. The zero-order chi connectivity index (χ0) is 20.6. The third kappa shape index (κ3) is 4.94. The van der Waals surface area contributed by atoms with Gasteiger partial charge in [-0.3, -0.25) is 4.90 Å². The molecule has 0 saturated carbocycles. The van der Waals surface area contributed by atoms with Gasteiger partial charge in [0.2, 0.25) is 0 Å². The Bertz CT molecular complexity index is 823. The van der Waals surface area contributed by atoms with Crippen molar-refractivity contribution in [3.05, 3.63) is 90.1 Å². The van der Waals surface area contributed by atoms with E-state index < -0.39 is 0 Å². The Hall–Kier alpha value is -2.45. The van der Waals surface area contributed by atoms with Crippen molar-refractivity contribution in [2.75, 3.05) is 26.2 Å². The van der Waals surface area contributed by atoms with Crippen LogP contribution in [0.2, 0.25) is 0 Å². The van der Waals surface area contributed by atoms with E-state index in [0.717, 1.165) is 26.2 Å². The van der Waals surface area contributed by atoms with Gasteiger partial charge in [0.25, 0.3) is 0 Å². The highest BCUT2D eigenvalue weighted by Gasteiger charge is 2.21. The van der Waals surface area contributed by atoms with Crippen LogP contribution in [0, 0.1) is 5.92 Å². The van der Waals surface area contributed by atoms with Gasteiger partial charge in [-0.05, 0) is 55.8 Å². The third-order valence-corrected chi connectivity index (χ3v) is 5.99. The summed E-state index contributed by atoms with van der Waals surface area (Å²) in [6.45, 7) is 13.1. The summed E-state index contributed by atoms with van der Waals surface area (Å²) in [7, 11) is 0. The molecule has 0 fully saturated rings. The fourth-order valence-corrected chi connectivity index (χ4v) is 4.29. The molecule has 2 aliphatic carbocycles. The van der Waals surface area contributed by atoms with Crippen LogP contribution in [0.5, 0.6) is 0 Å². The SMILES string of the molecule is CCN(CC)C1C=CC(C(=C2C=CC(=[N+](CC)CC)C=C2)c2ccccc2)C=C1. The quantitative estimate of drug-likeness (QED) is 0.441. The minimum Gasteiger partial charge on any atom is -0.294 e. The molecule has 0 aliphatic heterocycles. The molecule has 0 saturated heterocycles. The standard InChI is InChI=1S/C27H35N2/c1-5-28(6-2)25-18-14-23(15-19-25)27(22-12-10-9-11-13-22)24-16-20-26(21-17-24)29(7-3)8-4/h9-21,23,25H,5-8H2,1-4H3/q+1. The molecule has 2 heteroatoms. The van der Waals surface area contributed by atoms with E-state index in [-0.39, 0.29) is 0 Å². The number of nitrogens with zero attached hydrogens (tertiary/aromatic N) is 2. The molecule has 0 radical (unpaired) electrons. The van der Waals surface area contributed by atoms with Crippen LogP contribution < -0.4 is 0 Å². The van der Waals surface area contributed by atoms with Crippen LogP contribution in [0.3, 0.4) is 0 Å². The van der Waals surface area contributed by atoms with Crippen molar-refractivity contribution in [2.24, 2.45) is 5.92 Å². The van der Waals surface area contributed by atoms with Gasteiger partial charge >= 0.3 is 0 Å². The molecular formula is C27H35N2+. The van der Waals surface area contributed by atoms with E-state index >= 15 is 0 Å². The van der Waals surface area contributed by atoms with Gasteiger partial charge in [0.15, 0.2) is 5.71 Å². The van der Waals surface area contributed by atoms with Gasteiger partial charge in [-0.2, -0.15) is 0 Å². The molecule has 2 nitrogen and oxygen atoms in total. The van der Waals surface area contributed by atoms with Crippen molar-refractivity contribution < 1.29 is 4.58 Å². The van der Waals surface area contributed by atoms with Gasteiger partial charge in [-0.1, -0.05) is 68.5 Å². The molecule has 0 aromatic heterocycles. The highest BCUT2D eigenvalue weighted by molar-refractivity contribution is 6.03. The van der Waals surface area contributed by atoms with Gasteiger partial charge in [0.05, 0.1) is 0 Å². The predicted octanol–water partition coefficient (Wildman–Crippen LogP) is 5.51. The minimum atomic E-state index is 0.295. The number of allylic oxidation sites excluding steroid dienone is 8. The van der Waals surface area contributed by atoms with Crippen LogP contribution in [-0.2, 0) is 0 Å². The average molecular weight is 388 g/mol. The molecule has 1 aromatic rings. The monoisotopic (exact) mass is 387 g/mol. The maximum absolute atomic E-state index is 2.48. The van der Waals surface area contributed by atoms with Gasteiger partial charge in [0, 0.05) is 24.1 Å². The van der Waals surface area contributed by atoms with Crippen molar-refractivity contribution in [3.63, 3.8) is 0 Å². The molecule has 1 aromatic carbocycles. The normalized spacial score (nSPS) is 20.6. The van der Waals surface area contributed by atoms with E-state index in [1.165, 1.54) is 22.4 Å². The summed E-state index contributed by atoms with van der Waals surface area (Å²) in [5.74, 6) is 0.295. The molecule has 3 rings (SSSR count). The van der Waals surface area contributed by atoms with Crippen LogP contribution in [0.15, 0.2) is 84.5 Å². The minimum absolute atomic E-state index is 0.295. The zero-order valence-corrected chi connectivity index (χ0v) is 18.4. The summed E-state index contributed by atoms with van der Waals surface area (Å²) in [5.41, 5.74) is 5.26. The Labute approximate surface area is 177 Å². The summed E-state index contributed by atoms with van der Waals surface area (Å²) >= 11 is 0. The lowest BCUT2D eigenvalue weighted by atomic mass is 9.84. The molecule has 0 heterocycles. The Balaban J connectivity index is 1.97. The maximum Gasteiger partial charge on any atom is 0.199 e. The van der Waals surface area contributed by atoms with E-state index in [1.54, 1.807) is 0 Å². The molecule has 29 heavy (non-hydrogen) atoms. The first-order valence-corrected chi connectivity index (χ1v) is 11.1. The van der Waals surface area contributed by atoms with Crippen molar-refractivity contribution in [2.45, 2.75) is 33.7 Å². The summed E-state index contributed by atoms with van der Waals surface area (Å²) in [5, 5.41) is 0. The van der Waals surface area contributed by atoms with Gasteiger partial charge in [0.1, 0.15) is 13.1 Å². The second-order valence-corrected chi connectivity index (χ2v) is 7.51. The van der Waals surface area contributed by atoms with Gasteiger partial charge in [-0.25, -0.2) is 4.58 Å². The fourth-order valence-electron chi connectivity index (χ4n) is 4.29. The highest BCUT2D eigenvalue weighted by atomic mass is 15.1. The molecule has 0 unspecified atom stereocenters. The molecule has 0 spiro atoms. The van der Waals surface area contributed by atoms with Crippen molar-refractivity contribution in [1.82, 2.24) is 4.90 Å². The van der Waals surface area contributed by atoms with E-state index in [2.05, 4.69) is 116 Å². The second-order valence-electron chi connectivity index (χ2n) is 7.51. The second kappa shape index (κ2) is 10.4. The van der Waals surface area contributed by atoms with E-state index in [9.17, 15) is 0 Å². The summed E-state index contributed by atoms with van der Waals surface area (Å²) in [4.78, 5) is 2.48. The predicted molar refractivity (Wildman–Crippen MR) is 126 cm³/mol. The van der Waals surface area contributed by atoms with E-state index in [0.29, 0.717) is 12.0 Å². The smallest absolute Gasteiger partial charge is 0.199 e. The molecular weight excluding hydrogens is 352 g/mol. The Morgan fingerprint density at radius 2 is 1.38 bits per heavy atom. The molecule has 0 N–H and O–H groups in total. The largest absolute Gasteiger partial charge is 0.294 e. The summed E-state index contributed by atoms with van der Waals surface area (Å²) in [6, 6.07) is 11.2. The van der Waals surface area contributed by atoms with E-state index in [1.807, 2.05) is 0 Å². The van der Waals surface area contributed by atoms with Crippen molar-refractivity contribution in [3.8, 4) is 0 Å². The maximum atomic E-state index is 2.48. The first-order chi connectivity index (χ1) is 14.2. The molecule has 0 atom stereocenters. The van der Waals surface area contributed by atoms with Crippen LogP contribution in [0.1, 0.15) is 33.3 Å². The zero-order valence-electron chi connectivity index (χ0n) is 18.4. The Morgan fingerprint density at radius 1 is 0.793 bits per heavy atom. The van der Waals surface area contributed by atoms with Crippen molar-refractivity contribution in [1.29, 1.82) is 0 Å². The van der Waals surface area contributed by atoms with Gasteiger partial charge in [-0.15, -0.1) is 0 Å². The van der Waals surface area contributed by atoms with Gasteiger partial charge < -0.3 is 0 Å². The molecule has 152 valence electrons. The highest BCUT2D eigenvalue weighted by Crippen LogP contribution is 2.33. The average Bonchev–Trinajstić information content (AvgIpc) is 2.78. The lowest BCUT2D eigenvalue weighted by molar-refractivity contribution is -0.519. The molecule has 2 aliphatic rings. The van der Waals surface area contributed by atoms with Crippen LogP contribution >= 0.6 is 0 Å². The lowest BCUT2D eigenvalue weighted by Gasteiger charge is -2.29. The topological polar surface area (TPSA) is 6.25 Å². The van der Waals surface area contributed by atoms with Crippen molar-refractivity contribution >= 4 is 11.3 Å². The number of benzene rings is 1. The number of rotatable bonds is 7. The Morgan fingerprint density at radius 3 is 1.90 bits per heavy atom. The first-order valence-electron chi connectivity index (χ1n) is 11.1. The molecule has 0 amide bonds. The van der Waals surface area contributed by atoms with Crippen LogP contribution in [0.4, 0.5) is 0 Å².